The highest BCUT2D eigenvalue weighted by molar-refractivity contribution is 5.96. The fourth-order valence-corrected chi connectivity index (χ4v) is 5.71. The zero-order chi connectivity index (χ0) is 21.7. The number of rotatable bonds is 7. The van der Waals surface area contributed by atoms with Crippen molar-refractivity contribution in [2.75, 3.05) is 6.61 Å². The molecule has 7 nitrogen and oxygen atoms in total. The molecule has 4 bridgehead atoms. The minimum Gasteiger partial charge on any atom is -0.477 e. The Bertz CT molecular complexity index is 807. The number of carbonyl (C=O) groups excluding carboxylic acids is 1. The lowest BCUT2D eigenvalue weighted by atomic mass is 9.52. The van der Waals surface area contributed by atoms with Crippen LogP contribution in [0.1, 0.15) is 70.2 Å². The van der Waals surface area contributed by atoms with Crippen molar-refractivity contribution in [1.29, 1.82) is 0 Å². The zero-order valence-corrected chi connectivity index (χ0v) is 18.6. The van der Waals surface area contributed by atoms with E-state index in [-0.39, 0.29) is 11.9 Å². The number of amides is 1. The molecule has 166 valence electrons. The van der Waals surface area contributed by atoms with Crippen LogP contribution in [0.4, 0.5) is 0 Å². The summed E-state index contributed by atoms with van der Waals surface area (Å²) < 4.78 is 7.58. The first-order chi connectivity index (χ1) is 14.0. The third-order valence-electron chi connectivity index (χ3n) is 6.73. The van der Waals surface area contributed by atoms with Crippen molar-refractivity contribution in [3.05, 3.63) is 17.8 Å². The molecule has 30 heavy (non-hydrogen) atoms. The number of carbonyl (C=O) groups is 1. The smallest absolute Gasteiger partial charge is 0.258 e. The lowest BCUT2D eigenvalue weighted by molar-refractivity contribution is -0.136. The molecular weight excluding hydrogens is 380 g/mol. The second-order valence-corrected chi connectivity index (χ2v) is 10.8. The molecule has 1 aromatic heterocycles. The third kappa shape index (κ3) is 4.42. The second kappa shape index (κ2) is 7.68. The monoisotopic (exact) mass is 416 g/mol. The first kappa shape index (κ1) is 21.4. The van der Waals surface area contributed by atoms with Gasteiger partial charge in [0.2, 0.25) is 5.88 Å². The summed E-state index contributed by atoms with van der Waals surface area (Å²) >= 11 is 0. The van der Waals surface area contributed by atoms with Crippen LogP contribution in [0, 0.1) is 23.7 Å². The average Bonchev–Trinajstić information content (AvgIpc) is 3.02. The van der Waals surface area contributed by atoms with Crippen LogP contribution in [0.5, 0.6) is 5.88 Å². The van der Waals surface area contributed by atoms with Gasteiger partial charge >= 0.3 is 0 Å². The first-order valence-corrected chi connectivity index (χ1v) is 11.2. The van der Waals surface area contributed by atoms with E-state index in [1.807, 2.05) is 19.9 Å². The van der Waals surface area contributed by atoms with Gasteiger partial charge in [-0.3, -0.25) is 4.79 Å². The number of aromatic nitrogens is 2. The van der Waals surface area contributed by atoms with Crippen LogP contribution >= 0.6 is 0 Å². The Morgan fingerprint density at radius 1 is 1.40 bits per heavy atom. The molecule has 4 aliphatic carbocycles. The Morgan fingerprint density at radius 2 is 2.07 bits per heavy atom. The predicted octanol–water partition coefficient (Wildman–Crippen LogP) is 2.80. The summed E-state index contributed by atoms with van der Waals surface area (Å²) in [6.07, 6.45) is 9.91. The number of hydrogen-bond donors (Lipinski definition) is 3. The van der Waals surface area contributed by atoms with Crippen molar-refractivity contribution in [3.8, 4) is 5.88 Å². The zero-order valence-electron chi connectivity index (χ0n) is 18.6. The minimum atomic E-state index is -0.506. The number of ether oxygens (including phenoxy) is 1. The average molecular weight is 417 g/mol. The van der Waals surface area contributed by atoms with Gasteiger partial charge in [-0.15, -0.1) is 0 Å². The van der Waals surface area contributed by atoms with E-state index in [0.717, 1.165) is 32.1 Å². The van der Waals surface area contributed by atoms with Gasteiger partial charge in [0, 0.05) is 17.8 Å². The number of nitrogens with two attached hydrogens (primary N) is 1. The molecule has 0 aromatic carbocycles. The Hall–Kier alpha value is -1.86. The van der Waals surface area contributed by atoms with Crippen molar-refractivity contribution in [2.45, 2.75) is 77.0 Å². The number of hydrogen-bond acceptors (Lipinski definition) is 5. The highest BCUT2D eigenvalue weighted by atomic mass is 16.5. The van der Waals surface area contributed by atoms with E-state index in [2.05, 4.69) is 24.3 Å². The summed E-state index contributed by atoms with van der Waals surface area (Å²) in [6, 6.07) is 0.120. The van der Waals surface area contributed by atoms with E-state index in [1.165, 1.54) is 0 Å². The van der Waals surface area contributed by atoms with E-state index in [1.54, 1.807) is 17.1 Å². The van der Waals surface area contributed by atoms with Crippen molar-refractivity contribution in [3.63, 3.8) is 0 Å². The topological polar surface area (TPSA) is 102 Å². The van der Waals surface area contributed by atoms with E-state index in [4.69, 9.17) is 10.5 Å². The van der Waals surface area contributed by atoms with Crippen LogP contribution in [0.2, 0.25) is 0 Å². The van der Waals surface area contributed by atoms with Gasteiger partial charge in [-0.2, -0.15) is 5.10 Å². The van der Waals surface area contributed by atoms with Crippen LogP contribution in [-0.2, 0) is 0 Å². The molecule has 4 aliphatic rings. The van der Waals surface area contributed by atoms with Crippen LogP contribution < -0.4 is 15.8 Å². The lowest BCUT2D eigenvalue weighted by Gasteiger charge is -2.58. The van der Waals surface area contributed by atoms with Crippen molar-refractivity contribution >= 4 is 12.1 Å². The van der Waals surface area contributed by atoms with E-state index >= 15 is 0 Å². The molecule has 0 radical (unpaired) electrons. The van der Waals surface area contributed by atoms with Gasteiger partial charge in [0.1, 0.15) is 5.56 Å². The summed E-state index contributed by atoms with van der Waals surface area (Å²) in [5, 5.41) is 18.4. The summed E-state index contributed by atoms with van der Waals surface area (Å²) in [5.74, 6) is 1.95. The first-order valence-electron chi connectivity index (χ1n) is 11.2. The number of aliphatic hydroxyl groups is 1. The summed E-state index contributed by atoms with van der Waals surface area (Å²) in [5.41, 5.74) is 5.50. The maximum atomic E-state index is 13.2. The molecule has 2 unspecified atom stereocenters. The lowest BCUT2D eigenvalue weighted by Crippen LogP contribution is -2.61. The van der Waals surface area contributed by atoms with Crippen LogP contribution in [0.3, 0.4) is 0 Å². The standard InChI is InChI=1S/C23H36N4O3/c1-14(2)13-30-21-18(12-25-27(21)6-5-22(3,4)24)20(28)26-19-16-7-15-8-17(19)11-23(29,9-15)10-16/h5-6,12,14-17,19,29H,7-11,13,24H2,1-4H3,(H,26,28). The number of nitrogens with one attached hydrogen (secondary N) is 1. The molecule has 1 amide bonds. The molecule has 4 fully saturated rings. The number of nitrogens with zero attached hydrogens (tertiary/aromatic N) is 2. The molecule has 4 saturated carbocycles. The van der Waals surface area contributed by atoms with Crippen LogP contribution in [0.15, 0.2) is 12.3 Å². The minimum absolute atomic E-state index is 0.120. The molecule has 0 aliphatic heterocycles. The summed E-state index contributed by atoms with van der Waals surface area (Å²) in [7, 11) is 0. The molecule has 5 rings (SSSR count). The van der Waals surface area contributed by atoms with Crippen molar-refractivity contribution < 1.29 is 14.6 Å². The Morgan fingerprint density at radius 3 is 2.63 bits per heavy atom. The van der Waals surface area contributed by atoms with Gasteiger partial charge in [0.15, 0.2) is 0 Å². The molecule has 0 spiro atoms. The molecule has 7 heteroatoms. The maximum absolute atomic E-state index is 13.2. The quantitative estimate of drug-likeness (QED) is 0.634. The van der Waals surface area contributed by atoms with Crippen molar-refractivity contribution in [1.82, 2.24) is 15.1 Å². The predicted molar refractivity (Wildman–Crippen MR) is 116 cm³/mol. The van der Waals surface area contributed by atoms with Crippen molar-refractivity contribution in [2.24, 2.45) is 29.4 Å². The van der Waals surface area contributed by atoms with E-state index in [0.29, 0.717) is 41.7 Å². The molecule has 1 heterocycles. The van der Waals surface area contributed by atoms with Gasteiger partial charge in [-0.1, -0.05) is 13.8 Å². The highest BCUT2D eigenvalue weighted by Crippen LogP contribution is 2.55. The van der Waals surface area contributed by atoms with Gasteiger partial charge < -0.3 is 20.9 Å². The van der Waals surface area contributed by atoms with Gasteiger partial charge in [-0.05, 0) is 75.7 Å². The molecule has 1 aromatic rings. The Kier molecular flexibility index (Phi) is 5.47. The van der Waals surface area contributed by atoms with E-state index < -0.39 is 11.1 Å². The largest absolute Gasteiger partial charge is 0.477 e. The molecule has 4 N–H and O–H groups in total. The third-order valence-corrected chi connectivity index (χ3v) is 6.73. The summed E-state index contributed by atoms with van der Waals surface area (Å²) in [4.78, 5) is 13.2. The summed E-state index contributed by atoms with van der Waals surface area (Å²) in [6.45, 7) is 8.43. The molecular formula is C23H36N4O3. The molecule has 2 atom stereocenters. The van der Waals surface area contributed by atoms with Gasteiger partial charge in [-0.25, -0.2) is 4.68 Å². The van der Waals surface area contributed by atoms with E-state index in [9.17, 15) is 9.90 Å². The fourth-order valence-electron chi connectivity index (χ4n) is 5.71. The highest BCUT2D eigenvalue weighted by Gasteiger charge is 2.55. The molecule has 0 saturated heterocycles. The Labute approximate surface area is 179 Å². The van der Waals surface area contributed by atoms with Crippen LogP contribution in [0.25, 0.3) is 6.20 Å². The van der Waals surface area contributed by atoms with Crippen LogP contribution in [-0.4, -0.2) is 44.6 Å². The Balaban J connectivity index is 1.53. The SMILES string of the molecule is CC(C)COc1c(C(=O)NC2C3CC4CC2CC(O)(C4)C3)cnn1C=CC(C)(C)N. The maximum Gasteiger partial charge on any atom is 0.258 e. The van der Waals surface area contributed by atoms with Gasteiger partial charge in [0.25, 0.3) is 5.91 Å². The van der Waals surface area contributed by atoms with Gasteiger partial charge in [0.05, 0.1) is 18.4 Å². The second-order valence-electron chi connectivity index (χ2n) is 10.8. The fraction of sp³-hybridized carbons (Fsp3) is 0.739. The normalized spacial score (nSPS) is 32.9.